The maximum Gasteiger partial charge on any atom is 0.328 e. The lowest BCUT2D eigenvalue weighted by molar-refractivity contribution is -0.143. The first kappa shape index (κ1) is 20.3. The first-order valence-corrected chi connectivity index (χ1v) is 7.03. The molecule has 5 atom stereocenters. The Morgan fingerprint density at radius 1 is 1.14 bits per heavy atom. The molecule has 128 valence electrons. The Bertz CT molecular complexity index is 401. The smallest absolute Gasteiger partial charge is 0.328 e. The fraction of sp³-hybridized carbons (Fsp3) is 0.769. The van der Waals surface area contributed by atoms with E-state index in [0.29, 0.717) is 6.42 Å². The highest BCUT2D eigenvalue weighted by Crippen LogP contribution is 2.09. The summed E-state index contributed by atoms with van der Waals surface area (Å²) in [6.07, 6.45) is -0.552. The van der Waals surface area contributed by atoms with Crippen LogP contribution in [0, 0.1) is 5.92 Å². The molecule has 0 saturated heterocycles. The standard InChI is InChI=1S/C13H25N3O6/c1-4-6(2)10(16-11(19)9(14)7(3)18)12(20)15-8(5-17)13(21)22/h6-10,17-18H,4-5,14H2,1-3H3,(H,15,20)(H,16,19)(H,21,22). The Morgan fingerprint density at radius 2 is 1.68 bits per heavy atom. The van der Waals surface area contributed by atoms with Crippen LogP contribution in [0.1, 0.15) is 27.2 Å². The first-order chi connectivity index (χ1) is 10.1. The number of aliphatic hydroxyl groups is 2. The van der Waals surface area contributed by atoms with Gasteiger partial charge in [0, 0.05) is 0 Å². The third-order valence-corrected chi connectivity index (χ3v) is 3.41. The Balaban J connectivity index is 5.02. The average molecular weight is 319 g/mol. The van der Waals surface area contributed by atoms with Crippen molar-refractivity contribution >= 4 is 17.8 Å². The van der Waals surface area contributed by atoms with Crippen molar-refractivity contribution in [2.75, 3.05) is 6.61 Å². The Kier molecular flexibility index (Phi) is 8.61. The number of hydrogen-bond donors (Lipinski definition) is 6. The van der Waals surface area contributed by atoms with Gasteiger partial charge in [0.15, 0.2) is 0 Å². The second-order valence-corrected chi connectivity index (χ2v) is 5.22. The van der Waals surface area contributed by atoms with Crippen molar-refractivity contribution in [1.29, 1.82) is 0 Å². The largest absolute Gasteiger partial charge is 0.480 e. The van der Waals surface area contributed by atoms with Gasteiger partial charge in [-0.1, -0.05) is 20.3 Å². The van der Waals surface area contributed by atoms with Crippen LogP contribution in [0.5, 0.6) is 0 Å². The zero-order valence-electron chi connectivity index (χ0n) is 12.9. The number of carbonyl (C=O) groups is 3. The molecule has 0 fully saturated rings. The fourth-order valence-corrected chi connectivity index (χ4v) is 1.62. The van der Waals surface area contributed by atoms with Gasteiger partial charge in [-0.25, -0.2) is 4.79 Å². The number of amides is 2. The summed E-state index contributed by atoms with van der Waals surface area (Å²) in [6, 6.07) is -3.68. The van der Waals surface area contributed by atoms with Gasteiger partial charge in [0.1, 0.15) is 18.1 Å². The summed E-state index contributed by atoms with van der Waals surface area (Å²) in [6.45, 7) is 4.07. The molecular weight excluding hydrogens is 294 g/mol. The van der Waals surface area contributed by atoms with Crippen LogP contribution in [-0.4, -0.2) is 63.9 Å². The summed E-state index contributed by atoms with van der Waals surface area (Å²) in [5.41, 5.74) is 5.50. The minimum atomic E-state index is -1.46. The number of aliphatic carboxylic acids is 1. The molecular formula is C13H25N3O6. The predicted octanol–water partition coefficient (Wildman–Crippen LogP) is -2.21. The number of carboxylic acids is 1. The highest BCUT2D eigenvalue weighted by molar-refractivity contribution is 5.92. The SMILES string of the molecule is CCC(C)C(NC(=O)C(N)C(C)O)C(=O)NC(CO)C(=O)O. The van der Waals surface area contributed by atoms with Crippen LogP contribution >= 0.6 is 0 Å². The molecule has 0 saturated carbocycles. The van der Waals surface area contributed by atoms with Gasteiger partial charge in [-0.15, -0.1) is 0 Å². The van der Waals surface area contributed by atoms with Crippen LogP contribution in [0.2, 0.25) is 0 Å². The molecule has 22 heavy (non-hydrogen) atoms. The van der Waals surface area contributed by atoms with E-state index in [1.165, 1.54) is 6.92 Å². The number of aliphatic hydroxyl groups excluding tert-OH is 2. The molecule has 0 aromatic rings. The minimum absolute atomic E-state index is 0.293. The number of nitrogens with one attached hydrogen (secondary N) is 2. The molecule has 7 N–H and O–H groups in total. The van der Waals surface area contributed by atoms with Crippen LogP contribution in [0.3, 0.4) is 0 Å². The molecule has 0 heterocycles. The summed E-state index contributed by atoms with van der Waals surface area (Å²) >= 11 is 0. The first-order valence-electron chi connectivity index (χ1n) is 7.03. The second-order valence-electron chi connectivity index (χ2n) is 5.22. The van der Waals surface area contributed by atoms with Crippen molar-refractivity contribution in [2.24, 2.45) is 11.7 Å². The molecule has 2 amide bonds. The van der Waals surface area contributed by atoms with Crippen LogP contribution < -0.4 is 16.4 Å². The van der Waals surface area contributed by atoms with Gasteiger partial charge in [0.25, 0.3) is 0 Å². The van der Waals surface area contributed by atoms with Crippen molar-refractivity contribution in [2.45, 2.75) is 51.4 Å². The molecule has 9 heteroatoms. The third-order valence-electron chi connectivity index (χ3n) is 3.41. The lowest BCUT2D eigenvalue weighted by atomic mass is 9.97. The average Bonchev–Trinajstić information content (AvgIpc) is 2.47. The molecule has 0 rings (SSSR count). The number of nitrogens with two attached hydrogens (primary N) is 1. The zero-order chi connectivity index (χ0) is 17.4. The van der Waals surface area contributed by atoms with E-state index < -0.39 is 48.6 Å². The molecule has 0 aliphatic carbocycles. The Morgan fingerprint density at radius 3 is 2.05 bits per heavy atom. The highest BCUT2D eigenvalue weighted by atomic mass is 16.4. The monoisotopic (exact) mass is 319 g/mol. The Labute approximate surface area is 128 Å². The molecule has 0 aromatic carbocycles. The molecule has 0 aliphatic heterocycles. The van der Waals surface area contributed by atoms with Gasteiger partial charge in [0.05, 0.1) is 12.7 Å². The van der Waals surface area contributed by atoms with E-state index in [1.54, 1.807) is 13.8 Å². The lowest BCUT2D eigenvalue weighted by Gasteiger charge is -2.26. The zero-order valence-corrected chi connectivity index (χ0v) is 12.9. The fourth-order valence-electron chi connectivity index (χ4n) is 1.62. The van der Waals surface area contributed by atoms with Gasteiger partial charge in [-0.3, -0.25) is 9.59 Å². The van der Waals surface area contributed by atoms with E-state index in [1.807, 2.05) is 0 Å². The summed E-state index contributed by atoms with van der Waals surface area (Å²) in [5, 5.41) is 31.6. The van der Waals surface area contributed by atoms with Crippen LogP contribution in [0.15, 0.2) is 0 Å². The van der Waals surface area contributed by atoms with E-state index >= 15 is 0 Å². The summed E-state index contributed by atoms with van der Waals surface area (Å²) in [5.74, 6) is -3.13. The molecule has 0 spiro atoms. The molecule has 0 aliphatic rings. The van der Waals surface area contributed by atoms with Gasteiger partial charge >= 0.3 is 5.97 Å². The number of rotatable bonds is 9. The van der Waals surface area contributed by atoms with Crippen molar-refractivity contribution < 1.29 is 29.7 Å². The maximum absolute atomic E-state index is 12.1. The van der Waals surface area contributed by atoms with Crippen molar-refractivity contribution in [3.05, 3.63) is 0 Å². The number of carbonyl (C=O) groups excluding carboxylic acids is 2. The second kappa shape index (κ2) is 9.34. The van der Waals surface area contributed by atoms with E-state index in [9.17, 15) is 19.5 Å². The van der Waals surface area contributed by atoms with Gasteiger partial charge in [-0.05, 0) is 12.8 Å². The summed E-state index contributed by atoms with van der Waals surface area (Å²) < 4.78 is 0. The van der Waals surface area contributed by atoms with Crippen molar-refractivity contribution in [3.8, 4) is 0 Å². The van der Waals surface area contributed by atoms with E-state index in [2.05, 4.69) is 10.6 Å². The minimum Gasteiger partial charge on any atom is -0.480 e. The Hall–Kier alpha value is -1.71. The normalized spacial score (nSPS) is 17.7. The van der Waals surface area contributed by atoms with Crippen LogP contribution in [0.4, 0.5) is 0 Å². The quantitative estimate of drug-likeness (QED) is 0.280. The molecule has 5 unspecified atom stereocenters. The van der Waals surface area contributed by atoms with Gasteiger partial charge in [-0.2, -0.15) is 0 Å². The van der Waals surface area contributed by atoms with Crippen molar-refractivity contribution in [1.82, 2.24) is 10.6 Å². The van der Waals surface area contributed by atoms with E-state index in [4.69, 9.17) is 15.9 Å². The maximum atomic E-state index is 12.1. The van der Waals surface area contributed by atoms with Crippen LogP contribution in [0.25, 0.3) is 0 Å². The molecule has 0 aromatic heterocycles. The van der Waals surface area contributed by atoms with Crippen molar-refractivity contribution in [3.63, 3.8) is 0 Å². The third kappa shape index (κ3) is 5.96. The van der Waals surface area contributed by atoms with Crippen LogP contribution in [-0.2, 0) is 14.4 Å². The summed E-state index contributed by atoms with van der Waals surface area (Å²) in [4.78, 5) is 34.8. The van der Waals surface area contributed by atoms with E-state index in [0.717, 1.165) is 0 Å². The highest BCUT2D eigenvalue weighted by Gasteiger charge is 2.31. The molecule has 9 nitrogen and oxygen atoms in total. The van der Waals surface area contributed by atoms with Gasteiger partial charge in [0.2, 0.25) is 11.8 Å². The molecule has 0 radical (unpaired) electrons. The topological polar surface area (TPSA) is 162 Å². The van der Waals surface area contributed by atoms with Gasteiger partial charge < -0.3 is 31.7 Å². The summed E-state index contributed by atoms with van der Waals surface area (Å²) in [7, 11) is 0. The number of carboxylic acid groups (broad SMARTS) is 1. The van der Waals surface area contributed by atoms with E-state index in [-0.39, 0.29) is 5.92 Å². The lowest BCUT2D eigenvalue weighted by Crippen LogP contribution is -2.58. The number of hydrogen-bond acceptors (Lipinski definition) is 6. The predicted molar refractivity (Wildman–Crippen MR) is 77.7 cm³/mol. The molecule has 0 bridgehead atoms.